The van der Waals surface area contributed by atoms with Gasteiger partial charge in [0.05, 0.1) is 17.8 Å². The van der Waals surface area contributed by atoms with Crippen LogP contribution in [0.15, 0.2) is 56.9 Å². The molecule has 25 heavy (non-hydrogen) atoms. The lowest BCUT2D eigenvalue weighted by atomic mass is 10.2. The number of thiocarbonyl (C=S) groups is 1. The van der Waals surface area contributed by atoms with E-state index in [1.54, 1.807) is 24.3 Å². The number of halogens is 1. The third-order valence-corrected chi connectivity index (χ3v) is 4.85. The maximum Gasteiger partial charge on any atom is 0.339 e. The smallest absolute Gasteiger partial charge is 0.339 e. The molecule has 0 heterocycles. The molecule has 0 atom stereocenters. The van der Waals surface area contributed by atoms with Gasteiger partial charge in [0.2, 0.25) is 0 Å². The van der Waals surface area contributed by atoms with Gasteiger partial charge in [0.25, 0.3) is 0 Å². The Kier molecular flexibility index (Phi) is 6.34. The van der Waals surface area contributed by atoms with Gasteiger partial charge in [0, 0.05) is 0 Å². The highest BCUT2D eigenvalue weighted by atomic mass is 79.9. The second kappa shape index (κ2) is 8.28. The topological polar surface area (TPSA) is 103 Å². The molecule has 10 heteroatoms. The van der Waals surface area contributed by atoms with Gasteiger partial charge < -0.3 is 14.7 Å². The van der Waals surface area contributed by atoms with Crippen LogP contribution in [0.1, 0.15) is 5.56 Å². The molecule has 0 saturated heterocycles. The number of rotatable bonds is 6. The van der Waals surface area contributed by atoms with Crippen LogP contribution in [0.3, 0.4) is 0 Å². The third-order valence-electron chi connectivity index (χ3n) is 2.89. The van der Waals surface area contributed by atoms with Crippen molar-refractivity contribution in [3.8, 4) is 11.5 Å². The number of hydrazone groups is 1. The molecule has 0 fully saturated rings. The Bertz CT molecular complexity index is 899. The summed E-state index contributed by atoms with van der Waals surface area (Å²) in [6, 6.07) is 10.7. The second-order valence-electron chi connectivity index (χ2n) is 4.64. The molecule has 2 rings (SSSR count). The molecule has 7 nitrogen and oxygen atoms in total. The Hall–Kier alpha value is -2.17. The van der Waals surface area contributed by atoms with Crippen molar-refractivity contribution < 1.29 is 17.3 Å². The average molecular weight is 444 g/mol. The summed E-state index contributed by atoms with van der Waals surface area (Å²) in [5, 5.41) is 3.86. The summed E-state index contributed by atoms with van der Waals surface area (Å²) >= 11 is 7.90. The fraction of sp³-hybridized carbons (Fsp3) is 0.0667. The van der Waals surface area contributed by atoms with Gasteiger partial charge in [0.15, 0.2) is 10.9 Å². The van der Waals surface area contributed by atoms with Crippen LogP contribution in [0.2, 0.25) is 0 Å². The average Bonchev–Trinajstić information content (AvgIpc) is 2.57. The molecule has 0 spiro atoms. The molecule has 0 bridgehead atoms. The Balaban J connectivity index is 2.18. The summed E-state index contributed by atoms with van der Waals surface area (Å²) in [4.78, 5) is 0.0199. The van der Waals surface area contributed by atoms with E-state index in [1.165, 1.54) is 31.5 Å². The summed E-state index contributed by atoms with van der Waals surface area (Å²) in [6.45, 7) is 0. The molecule has 3 N–H and O–H groups in total. The van der Waals surface area contributed by atoms with Crippen molar-refractivity contribution in [2.75, 3.05) is 7.11 Å². The number of benzene rings is 2. The fourth-order valence-corrected chi connectivity index (χ4v) is 3.33. The Morgan fingerprint density at radius 1 is 1.28 bits per heavy atom. The molecular formula is C15H14BrN3O4S2. The number of hydrogen-bond donors (Lipinski definition) is 2. The number of ether oxygens (including phenoxy) is 1. The molecule has 0 radical (unpaired) electrons. The standard InChI is InChI=1S/C15H14BrN3O4S2/c1-22-11-3-5-12(6-4-11)25(20,21)23-14-7-2-10(8-13(14)16)9-18-19-15(17)24/h2-9H,1H3,(H3,17,19,24)/b18-9-. The number of methoxy groups -OCH3 is 1. The zero-order valence-corrected chi connectivity index (χ0v) is 16.2. The first-order valence-electron chi connectivity index (χ1n) is 6.78. The Morgan fingerprint density at radius 2 is 1.96 bits per heavy atom. The van der Waals surface area contributed by atoms with E-state index >= 15 is 0 Å². The molecule has 0 aliphatic rings. The highest BCUT2D eigenvalue weighted by Gasteiger charge is 2.18. The van der Waals surface area contributed by atoms with Gasteiger partial charge in [-0.05, 0) is 76.2 Å². The van der Waals surface area contributed by atoms with E-state index in [9.17, 15) is 8.42 Å². The lowest BCUT2D eigenvalue weighted by Crippen LogP contribution is -2.23. The van der Waals surface area contributed by atoms with Crippen LogP contribution in [-0.4, -0.2) is 26.9 Å². The second-order valence-corrected chi connectivity index (χ2v) is 7.48. The van der Waals surface area contributed by atoms with E-state index in [0.717, 1.165) is 0 Å². The van der Waals surface area contributed by atoms with Crippen LogP contribution >= 0.6 is 28.1 Å². The number of nitrogens with one attached hydrogen (secondary N) is 1. The summed E-state index contributed by atoms with van der Waals surface area (Å²) in [6.07, 6.45) is 1.48. The summed E-state index contributed by atoms with van der Waals surface area (Å²) in [7, 11) is -2.47. The molecule has 0 unspecified atom stereocenters. The van der Waals surface area contributed by atoms with Gasteiger partial charge >= 0.3 is 10.1 Å². The lowest BCUT2D eigenvalue weighted by molar-refractivity contribution is 0.414. The maximum atomic E-state index is 12.3. The number of nitrogens with zero attached hydrogens (tertiary/aromatic N) is 1. The van der Waals surface area contributed by atoms with Gasteiger partial charge in [-0.25, -0.2) is 0 Å². The van der Waals surface area contributed by atoms with Gasteiger partial charge in [0.1, 0.15) is 10.6 Å². The highest BCUT2D eigenvalue weighted by molar-refractivity contribution is 9.10. The van der Waals surface area contributed by atoms with E-state index in [4.69, 9.17) is 14.7 Å². The van der Waals surface area contributed by atoms with Crippen molar-refractivity contribution in [1.29, 1.82) is 0 Å². The summed E-state index contributed by atoms with van der Waals surface area (Å²) in [5.74, 6) is 0.699. The van der Waals surface area contributed by atoms with Crippen molar-refractivity contribution in [2.24, 2.45) is 10.8 Å². The van der Waals surface area contributed by atoms with Gasteiger partial charge in [-0.3, -0.25) is 5.43 Å². The maximum absolute atomic E-state index is 12.3. The van der Waals surface area contributed by atoms with Crippen LogP contribution in [0.5, 0.6) is 11.5 Å². The first-order valence-corrected chi connectivity index (χ1v) is 9.39. The third kappa shape index (κ3) is 5.41. The molecule has 2 aromatic rings. The van der Waals surface area contributed by atoms with Gasteiger partial charge in [-0.15, -0.1) is 0 Å². The van der Waals surface area contributed by atoms with E-state index in [0.29, 0.717) is 15.8 Å². The Labute approximate surface area is 159 Å². The van der Waals surface area contributed by atoms with E-state index in [1.807, 2.05) is 0 Å². The molecule has 0 aliphatic carbocycles. The van der Waals surface area contributed by atoms with Crippen LogP contribution in [0.4, 0.5) is 0 Å². The largest absolute Gasteiger partial charge is 0.497 e. The molecule has 0 saturated carbocycles. The Morgan fingerprint density at radius 3 is 2.52 bits per heavy atom. The number of nitrogens with two attached hydrogens (primary N) is 1. The first-order chi connectivity index (χ1) is 11.8. The van der Waals surface area contributed by atoms with Crippen LogP contribution < -0.4 is 20.1 Å². The minimum absolute atomic E-state index is 0.0199. The number of hydrogen-bond acceptors (Lipinski definition) is 6. The molecule has 2 aromatic carbocycles. The van der Waals surface area contributed by atoms with Crippen molar-refractivity contribution in [1.82, 2.24) is 5.43 Å². The van der Waals surface area contributed by atoms with Crippen molar-refractivity contribution in [3.05, 3.63) is 52.5 Å². The quantitative estimate of drug-likeness (QED) is 0.305. The lowest BCUT2D eigenvalue weighted by Gasteiger charge is -2.09. The monoisotopic (exact) mass is 443 g/mol. The summed E-state index contributed by atoms with van der Waals surface area (Å²) in [5.41, 5.74) is 8.36. The first kappa shape index (κ1) is 19.2. The van der Waals surface area contributed by atoms with Crippen molar-refractivity contribution >= 4 is 49.6 Å². The van der Waals surface area contributed by atoms with Crippen molar-refractivity contribution in [3.63, 3.8) is 0 Å². The zero-order valence-electron chi connectivity index (χ0n) is 13.0. The normalized spacial score (nSPS) is 11.3. The van der Waals surface area contributed by atoms with Crippen LogP contribution in [-0.2, 0) is 10.1 Å². The molecule has 0 amide bonds. The predicted octanol–water partition coefficient (Wildman–Crippen LogP) is 2.39. The minimum atomic E-state index is -3.97. The zero-order chi connectivity index (χ0) is 18.4. The van der Waals surface area contributed by atoms with Gasteiger partial charge in [-0.2, -0.15) is 13.5 Å². The highest BCUT2D eigenvalue weighted by Crippen LogP contribution is 2.29. The molecule has 132 valence electrons. The molecule has 0 aromatic heterocycles. The van der Waals surface area contributed by atoms with E-state index < -0.39 is 10.1 Å². The van der Waals surface area contributed by atoms with Gasteiger partial charge in [-0.1, -0.05) is 0 Å². The SMILES string of the molecule is COc1ccc(S(=O)(=O)Oc2ccc(/C=N\NC(N)=S)cc2Br)cc1. The molecular weight excluding hydrogens is 430 g/mol. The van der Waals surface area contributed by atoms with Crippen LogP contribution in [0, 0.1) is 0 Å². The van der Waals surface area contributed by atoms with Crippen molar-refractivity contribution in [2.45, 2.75) is 4.90 Å². The predicted molar refractivity (Wildman–Crippen MR) is 102 cm³/mol. The van der Waals surface area contributed by atoms with E-state index in [2.05, 4.69) is 38.7 Å². The minimum Gasteiger partial charge on any atom is -0.497 e. The van der Waals surface area contributed by atoms with Crippen LogP contribution in [0.25, 0.3) is 0 Å². The molecule has 0 aliphatic heterocycles. The fourth-order valence-electron chi connectivity index (χ4n) is 1.74. The van der Waals surface area contributed by atoms with E-state index in [-0.39, 0.29) is 15.8 Å². The summed E-state index contributed by atoms with van der Waals surface area (Å²) < 4.78 is 35.3.